The van der Waals surface area contributed by atoms with Crippen LogP contribution in [0.2, 0.25) is 0 Å². The van der Waals surface area contributed by atoms with Crippen molar-refractivity contribution in [3.05, 3.63) is 83.3 Å². The van der Waals surface area contributed by atoms with Crippen molar-refractivity contribution >= 4 is 5.57 Å². The Bertz CT molecular complexity index is 615. The van der Waals surface area contributed by atoms with Gasteiger partial charge in [-0.1, -0.05) is 69.3 Å². The second kappa shape index (κ2) is 9.99. The van der Waals surface area contributed by atoms with E-state index in [1.807, 2.05) is 39.0 Å². The van der Waals surface area contributed by atoms with Crippen LogP contribution in [0.5, 0.6) is 0 Å². The lowest BCUT2D eigenvalue weighted by Crippen LogP contribution is -2.03. The normalized spacial score (nSPS) is 18.2. The third kappa shape index (κ3) is 5.06. The van der Waals surface area contributed by atoms with Crippen LogP contribution in [0.15, 0.2) is 65.8 Å². The largest absolute Gasteiger partial charge is 0.242 e. The summed E-state index contributed by atoms with van der Waals surface area (Å²) in [4.78, 5) is 0. The molecule has 0 heterocycles. The van der Waals surface area contributed by atoms with E-state index in [9.17, 15) is 4.39 Å². The molecule has 1 unspecified atom stereocenters. The lowest BCUT2D eigenvalue weighted by atomic mass is 9.87. The Morgan fingerprint density at radius 2 is 1.91 bits per heavy atom. The maximum Gasteiger partial charge on any atom is 0.126 e. The SMILES string of the molecule is C/C=C/C(C)=C(\C1=C[CH]C(F)C=C1)c1ccccc1CC.CC. The zero-order valence-corrected chi connectivity index (χ0v) is 14.9. The lowest BCUT2D eigenvalue weighted by Gasteiger charge is -2.18. The number of hydrogen-bond donors (Lipinski definition) is 0. The molecule has 0 nitrogen and oxygen atoms in total. The van der Waals surface area contributed by atoms with Crippen molar-refractivity contribution in [1.29, 1.82) is 0 Å². The highest BCUT2D eigenvalue weighted by atomic mass is 19.1. The molecule has 123 valence electrons. The van der Waals surface area contributed by atoms with Gasteiger partial charge in [0.05, 0.1) is 0 Å². The Hall–Kier alpha value is -1.89. The third-order valence-corrected chi connectivity index (χ3v) is 3.69. The number of benzene rings is 1. The summed E-state index contributed by atoms with van der Waals surface area (Å²) in [6, 6.07) is 8.44. The molecule has 1 heteroatoms. The van der Waals surface area contributed by atoms with Gasteiger partial charge >= 0.3 is 0 Å². The number of allylic oxidation sites excluding steroid dienone is 8. The number of hydrogen-bond acceptors (Lipinski definition) is 0. The van der Waals surface area contributed by atoms with Gasteiger partial charge in [-0.25, -0.2) is 4.39 Å². The Morgan fingerprint density at radius 1 is 1.22 bits per heavy atom. The van der Waals surface area contributed by atoms with Crippen molar-refractivity contribution < 1.29 is 4.39 Å². The van der Waals surface area contributed by atoms with Crippen LogP contribution >= 0.6 is 0 Å². The van der Waals surface area contributed by atoms with E-state index in [1.54, 1.807) is 12.5 Å². The molecular weight excluding hydrogens is 283 g/mol. The standard InChI is InChI=1S/C20H22F.C2H6/c1-4-8-15(3)20(17-11-13-18(21)14-12-17)19-10-7-6-9-16(19)5-2;1-2/h4,6-14,18H,5H2,1-3H3;1-2H3/b8-4+,20-15+;. The van der Waals surface area contributed by atoms with E-state index in [2.05, 4.69) is 44.2 Å². The minimum atomic E-state index is -0.974. The van der Waals surface area contributed by atoms with Crippen molar-refractivity contribution in [3.8, 4) is 0 Å². The highest BCUT2D eigenvalue weighted by Crippen LogP contribution is 2.33. The smallest absolute Gasteiger partial charge is 0.126 e. The van der Waals surface area contributed by atoms with Crippen molar-refractivity contribution in [2.24, 2.45) is 0 Å². The van der Waals surface area contributed by atoms with Crippen molar-refractivity contribution in [1.82, 2.24) is 0 Å². The summed E-state index contributed by atoms with van der Waals surface area (Å²) in [5.74, 6) is 0. The molecule has 1 aliphatic rings. The first-order valence-electron chi connectivity index (χ1n) is 8.47. The highest BCUT2D eigenvalue weighted by molar-refractivity contribution is 5.87. The molecule has 1 aliphatic carbocycles. The quantitative estimate of drug-likeness (QED) is 0.545. The van der Waals surface area contributed by atoms with Gasteiger partial charge in [0.1, 0.15) is 6.17 Å². The van der Waals surface area contributed by atoms with E-state index in [-0.39, 0.29) is 0 Å². The van der Waals surface area contributed by atoms with E-state index in [0.717, 1.165) is 12.0 Å². The van der Waals surface area contributed by atoms with E-state index >= 15 is 0 Å². The van der Waals surface area contributed by atoms with E-state index < -0.39 is 6.17 Å². The molecule has 0 saturated carbocycles. The molecule has 1 atom stereocenters. The summed E-state index contributed by atoms with van der Waals surface area (Å²) in [6.07, 6.45) is 11.1. The molecule has 23 heavy (non-hydrogen) atoms. The van der Waals surface area contributed by atoms with Crippen LogP contribution in [0.4, 0.5) is 4.39 Å². The third-order valence-electron chi connectivity index (χ3n) is 3.69. The predicted octanol–water partition coefficient (Wildman–Crippen LogP) is 6.66. The maximum atomic E-state index is 13.3. The Kier molecular flexibility index (Phi) is 8.32. The maximum absolute atomic E-state index is 13.3. The Balaban J connectivity index is 0.00000127. The van der Waals surface area contributed by atoms with Gasteiger partial charge in [0.2, 0.25) is 0 Å². The van der Waals surface area contributed by atoms with Gasteiger partial charge in [-0.3, -0.25) is 0 Å². The summed E-state index contributed by atoms with van der Waals surface area (Å²) in [5.41, 5.74) is 6.00. The second-order valence-corrected chi connectivity index (χ2v) is 5.19. The molecule has 0 N–H and O–H groups in total. The van der Waals surface area contributed by atoms with E-state index in [1.165, 1.54) is 22.3 Å². The van der Waals surface area contributed by atoms with Crippen LogP contribution in [-0.4, -0.2) is 6.17 Å². The van der Waals surface area contributed by atoms with Gasteiger partial charge in [-0.2, -0.15) is 0 Å². The fourth-order valence-corrected chi connectivity index (χ4v) is 2.68. The minimum absolute atomic E-state index is 0.974. The minimum Gasteiger partial charge on any atom is -0.242 e. The predicted molar refractivity (Wildman–Crippen MR) is 101 cm³/mol. The molecule has 1 radical (unpaired) electrons. The molecule has 0 aromatic heterocycles. The molecule has 0 bridgehead atoms. The molecule has 1 aromatic rings. The molecule has 0 spiro atoms. The second-order valence-electron chi connectivity index (χ2n) is 5.19. The molecule has 0 saturated heterocycles. The fourth-order valence-electron chi connectivity index (χ4n) is 2.68. The van der Waals surface area contributed by atoms with Crippen LogP contribution in [0.25, 0.3) is 5.57 Å². The van der Waals surface area contributed by atoms with Gasteiger partial charge in [0, 0.05) is 6.42 Å². The number of alkyl halides is 1. The number of halogens is 1. The number of aryl methyl sites for hydroxylation is 1. The van der Waals surface area contributed by atoms with Crippen molar-refractivity contribution in [2.45, 2.75) is 47.2 Å². The topological polar surface area (TPSA) is 0 Å². The average Bonchev–Trinajstić information content (AvgIpc) is 2.59. The first-order valence-corrected chi connectivity index (χ1v) is 8.47. The van der Waals surface area contributed by atoms with Crippen LogP contribution in [0.1, 0.15) is 45.7 Å². The first-order chi connectivity index (χ1) is 11.2. The van der Waals surface area contributed by atoms with Crippen LogP contribution < -0.4 is 0 Å². The molecule has 2 rings (SSSR count). The Labute approximate surface area is 141 Å². The zero-order chi connectivity index (χ0) is 17.2. The van der Waals surface area contributed by atoms with Gasteiger partial charge in [-0.05, 0) is 54.2 Å². The van der Waals surface area contributed by atoms with Gasteiger partial charge in [-0.15, -0.1) is 0 Å². The average molecular weight is 311 g/mol. The van der Waals surface area contributed by atoms with Gasteiger partial charge in [0.25, 0.3) is 0 Å². The van der Waals surface area contributed by atoms with E-state index in [0.29, 0.717) is 0 Å². The zero-order valence-electron chi connectivity index (χ0n) is 14.9. The Morgan fingerprint density at radius 3 is 2.48 bits per heavy atom. The molecule has 1 aromatic carbocycles. The summed E-state index contributed by atoms with van der Waals surface area (Å²) in [6.45, 7) is 10.3. The molecule has 0 fully saturated rings. The lowest BCUT2D eigenvalue weighted by molar-refractivity contribution is 0.450. The number of rotatable bonds is 4. The van der Waals surface area contributed by atoms with Gasteiger partial charge < -0.3 is 0 Å². The van der Waals surface area contributed by atoms with Gasteiger partial charge in [0.15, 0.2) is 0 Å². The molecule has 0 amide bonds. The van der Waals surface area contributed by atoms with E-state index in [4.69, 9.17) is 0 Å². The monoisotopic (exact) mass is 311 g/mol. The summed E-state index contributed by atoms with van der Waals surface area (Å²) in [7, 11) is 0. The molecule has 0 aliphatic heterocycles. The van der Waals surface area contributed by atoms with Crippen LogP contribution in [0, 0.1) is 6.42 Å². The molecular formula is C22H28F. The summed E-state index contributed by atoms with van der Waals surface area (Å²) < 4.78 is 13.3. The van der Waals surface area contributed by atoms with Crippen molar-refractivity contribution in [3.63, 3.8) is 0 Å². The fraction of sp³-hybridized carbons (Fsp3) is 0.318. The first kappa shape index (κ1) is 19.2. The van der Waals surface area contributed by atoms with Crippen LogP contribution in [-0.2, 0) is 6.42 Å². The van der Waals surface area contributed by atoms with Crippen molar-refractivity contribution in [2.75, 3.05) is 0 Å². The highest BCUT2D eigenvalue weighted by Gasteiger charge is 2.15. The summed E-state index contributed by atoms with van der Waals surface area (Å²) >= 11 is 0. The van der Waals surface area contributed by atoms with Crippen LogP contribution in [0.3, 0.4) is 0 Å². The summed E-state index contributed by atoms with van der Waals surface area (Å²) in [5, 5.41) is 0.